The molecule has 7 rings (SSSR count). The van der Waals surface area contributed by atoms with Crippen molar-refractivity contribution in [1.29, 1.82) is 0 Å². The van der Waals surface area contributed by atoms with Crippen LogP contribution in [0.4, 0.5) is 0 Å². The van der Waals surface area contributed by atoms with Gasteiger partial charge in [-0.2, -0.15) is 0 Å². The summed E-state index contributed by atoms with van der Waals surface area (Å²) in [7, 11) is 12.6. The molecule has 0 saturated heterocycles. The maximum absolute atomic E-state index is 13.2. The highest BCUT2D eigenvalue weighted by Gasteiger charge is 2.29. The van der Waals surface area contributed by atoms with E-state index < -0.39 is 0 Å². The van der Waals surface area contributed by atoms with Crippen molar-refractivity contribution in [1.82, 2.24) is 0 Å². The number of hydrogen-bond acceptors (Lipinski definition) is 10. The van der Waals surface area contributed by atoms with E-state index >= 15 is 0 Å². The molecule has 0 amide bonds. The van der Waals surface area contributed by atoms with E-state index in [1.165, 1.54) is 13.8 Å². The van der Waals surface area contributed by atoms with E-state index in [1.54, 1.807) is 69.0 Å². The number of carbonyl (C=O) groups excluding carboxylic acids is 2. The van der Waals surface area contributed by atoms with Gasteiger partial charge in [0.05, 0.1) is 68.0 Å². The van der Waals surface area contributed by atoms with E-state index in [4.69, 9.17) is 37.9 Å². The third-order valence-electron chi connectivity index (χ3n) is 9.96. The lowest BCUT2D eigenvalue weighted by molar-refractivity contribution is 0.100. The normalized spacial score (nSPS) is 11.4. The van der Waals surface area contributed by atoms with Crippen LogP contribution in [-0.2, 0) is 0 Å². The number of hydrogen-bond donors (Lipinski definition) is 0. The first kappa shape index (κ1) is 34.3. The van der Waals surface area contributed by atoms with Gasteiger partial charge in [0.25, 0.3) is 0 Å². The lowest BCUT2D eigenvalue weighted by Crippen LogP contribution is -2.03. The van der Waals surface area contributed by atoms with Crippen molar-refractivity contribution >= 4 is 76.2 Å². The number of Topliss-reactive ketones (excluding diaryl/α,β-unsaturated/α-hetero) is 2. The first-order valence-corrected chi connectivity index (χ1v) is 16.4. The monoisotopic (exact) mass is 702 g/mol. The molecule has 266 valence electrons. The zero-order valence-electron chi connectivity index (χ0n) is 30.7. The topological polar surface area (TPSA) is 108 Å². The van der Waals surface area contributed by atoms with Crippen molar-refractivity contribution in [2.45, 2.75) is 13.8 Å². The molecule has 10 heteroatoms. The average molecular weight is 703 g/mol. The molecule has 0 aromatic heterocycles. The lowest BCUT2D eigenvalue weighted by Gasteiger charge is -2.23. The Hall–Kier alpha value is -6.16. The Bertz CT molecular complexity index is 2490. The van der Waals surface area contributed by atoms with Gasteiger partial charge < -0.3 is 37.9 Å². The van der Waals surface area contributed by atoms with Crippen molar-refractivity contribution in [2.24, 2.45) is 0 Å². The molecule has 52 heavy (non-hydrogen) atoms. The predicted octanol–water partition coefficient (Wildman–Crippen LogP) is 9.08. The van der Waals surface area contributed by atoms with Crippen LogP contribution < -0.4 is 37.9 Å². The highest BCUT2D eigenvalue weighted by molar-refractivity contribution is 6.40. The van der Waals surface area contributed by atoms with Gasteiger partial charge in [0.15, 0.2) is 23.1 Å². The first-order chi connectivity index (χ1) is 25.1. The average Bonchev–Trinajstić information content (AvgIpc) is 3.16. The largest absolute Gasteiger partial charge is 0.496 e. The van der Waals surface area contributed by atoms with Crippen molar-refractivity contribution < 1.29 is 47.5 Å². The van der Waals surface area contributed by atoms with Gasteiger partial charge in [0, 0.05) is 64.6 Å². The molecule has 7 aromatic rings. The lowest BCUT2D eigenvalue weighted by atomic mass is 9.86. The molecule has 0 spiro atoms. The third kappa shape index (κ3) is 4.63. The molecule has 0 heterocycles. The van der Waals surface area contributed by atoms with Gasteiger partial charge in [-0.25, -0.2) is 0 Å². The molecule has 0 N–H and O–H groups in total. The Morgan fingerprint density at radius 1 is 0.346 bits per heavy atom. The Labute approximate surface area is 299 Å². The van der Waals surface area contributed by atoms with Gasteiger partial charge in [-0.15, -0.1) is 0 Å². The summed E-state index contributed by atoms with van der Waals surface area (Å²) in [4.78, 5) is 26.4. The summed E-state index contributed by atoms with van der Waals surface area (Å²) in [5.74, 6) is 3.46. The second-order valence-electron chi connectivity index (χ2n) is 12.3. The molecular formula is C42H38O10. The Kier molecular flexibility index (Phi) is 8.49. The number of ether oxygens (including phenoxy) is 8. The first-order valence-electron chi connectivity index (χ1n) is 16.4. The standard InChI is InChI=1S/C42H38O10/c1-19(43)25-15-31(47-5)27-17-29(45-3)21-11-13-23-35(33(21)37(27)39(25)49-7)36-24(42(52-10)41(23)51-9)14-12-22-30(46-4)18-28-32(48-6)16-26(20(2)44)40(50-8)38(28)34(22)36/h11-18H,1-10H3. The minimum absolute atomic E-state index is 0.194. The minimum atomic E-state index is -0.194. The molecule has 0 atom stereocenters. The molecule has 0 aliphatic rings. The van der Waals surface area contributed by atoms with Crippen LogP contribution in [0.1, 0.15) is 34.6 Å². The summed E-state index contributed by atoms with van der Waals surface area (Å²) in [6, 6.07) is 15.0. The number of ketones is 2. The highest BCUT2D eigenvalue weighted by Crippen LogP contribution is 2.55. The summed E-state index contributed by atoms with van der Waals surface area (Å²) in [6.45, 7) is 2.99. The highest BCUT2D eigenvalue weighted by atomic mass is 16.5. The number of fused-ring (bicyclic) bond motifs is 11. The van der Waals surface area contributed by atoms with E-state index in [-0.39, 0.29) is 11.6 Å². The molecule has 0 radical (unpaired) electrons. The fourth-order valence-electron chi connectivity index (χ4n) is 7.82. The summed E-state index contributed by atoms with van der Waals surface area (Å²) in [5, 5.41) is 8.44. The summed E-state index contributed by atoms with van der Waals surface area (Å²) < 4.78 is 48.4. The van der Waals surface area contributed by atoms with Crippen LogP contribution in [0.5, 0.6) is 46.0 Å². The Morgan fingerprint density at radius 3 is 0.923 bits per heavy atom. The van der Waals surface area contributed by atoms with Crippen molar-refractivity contribution in [3.63, 3.8) is 0 Å². The molecular weight excluding hydrogens is 664 g/mol. The van der Waals surface area contributed by atoms with E-state index in [2.05, 4.69) is 0 Å². The van der Waals surface area contributed by atoms with Crippen molar-refractivity contribution in [2.75, 3.05) is 56.9 Å². The fraction of sp³-hybridized carbons (Fsp3) is 0.238. The molecule has 0 fully saturated rings. The van der Waals surface area contributed by atoms with Crippen molar-refractivity contribution in [3.8, 4) is 46.0 Å². The zero-order chi connectivity index (χ0) is 37.2. The second-order valence-corrected chi connectivity index (χ2v) is 12.3. The summed E-state index contributed by atoms with van der Waals surface area (Å²) >= 11 is 0. The summed E-state index contributed by atoms with van der Waals surface area (Å²) in [6.07, 6.45) is 0. The molecule has 0 bridgehead atoms. The van der Waals surface area contributed by atoms with Gasteiger partial charge in [-0.05, 0) is 62.4 Å². The van der Waals surface area contributed by atoms with Crippen LogP contribution in [0.15, 0.2) is 48.5 Å². The van der Waals surface area contributed by atoms with Gasteiger partial charge in [-0.3, -0.25) is 9.59 Å². The maximum Gasteiger partial charge on any atom is 0.169 e. The Balaban J connectivity index is 2.00. The number of rotatable bonds is 10. The SMILES string of the molecule is COc1cc(C(C)=O)c(OC)c2c1cc(OC)c1ccc3c(OC)c(OC)c4ccc5c(OC)cc6c(OC)cc(C(C)=O)c(OC)c6c5c4c3c12. The third-order valence-corrected chi connectivity index (χ3v) is 9.96. The molecule has 7 aromatic carbocycles. The van der Waals surface area contributed by atoms with E-state index in [0.717, 1.165) is 21.5 Å². The predicted molar refractivity (Wildman–Crippen MR) is 204 cm³/mol. The van der Waals surface area contributed by atoms with Crippen LogP contribution in [-0.4, -0.2) is 68.4 Å². The van der Waals surface area contributed by atoms with E-state index in [9.17, 15) is 9.59 Å². The number of benzene rings is 7. The summed E-state index contributed by atoms with van der Waals surface area (Å²) in [5.41, 5.74) is 0.712. The molecule has 0 aliphatic carbocycles. The van der Waals surface area contributed by atoms with Crippen molar-refractivity contribution in [3.05, 3.63) is 59.7 Å². The molecule has 0 saturated carbocycles. The van der Waals surface area contributed by atoms with Gasteiger partial charge in [0.2, 0.25) is 0 Å². The Morgan fingerprint density at radius 2 is 0.635 bits per heavy atom. The van der Waals surface area contributed by atoms with E-state index in [0.29, 0.717) is 100 Å². The molecule has 0 unspecified atom stereocenters. The second kappa shape index (κ2) is 12.9. The van der Waals surface area contributed by atoms with Crippen LogP contribution in [0, 0.1) is 0 Å². The zero-order valence-corrected chi connectivity index (χ0v) is 30.7. The quantitative estimate of drug-likeness (QED) is 0.101. The van der Waals surface area contributed by atoms with Gasteiger partial charge in [-0.1, -0.05) is 0 Å². The van der Waals surface area contributed by atoms with Crippen LogP contribution in [0.25, 0.3) is 64.6 Å². The maximum atomic E-state index is 13.2. The van der Waals surface area contributed by atoms with Crippen LogP contribution in [0.2, 0.25) is 0 Å². The minimum Gasteiger partial charge on any atom is -0.496 e. The van der Waals surface area contributed by atoms with Crippen LogP contribution in [0.3, 0.4) is 0 Å². The molecule has 0 aliphatic heterocycles. The smallest absolute Gasteiger partial charge is 0.169 e. The van der Waals surface area contributed by atoms with Gasteiger partial charge >= 0.3 is 0 Å². The van der Waals surface area contributed by atoms with Gasteiger partial charge in [0.1, 0.15) is 34.5 Å². The number of methoxy groups -OCH3 is 8. The van der Waals surface area contributed by atoms with E-state index in [1.807, 2.05) is 36.4 Å². The fourth-order valence-corrected chi connectivity index (χ4v) is 7.82. The number of carbonyl (C=O) groups is 2. The van der Waals surface area contributed by atoms with Crippen LogP contribution >= 0.6 is 0 Å². The molecule has 10 nitrogen and oxygen atoms in total.